The number of aryl methyl sites for hydroxylation is 1. The van der Waals surface area contributed by atoms with Gasteiger partial charge in [-0.15, -0.1) is 0 Å². The number of carbonyl (C=O) groups excluding carboxylic acids is 2. The van der Waals surface area contributed by atoms with Crippen LogP contribution in [0.3, 0.4) is 0 Å². The zero-order chi connectivity index (χ0) is 23.0. The van der Waals surface area contributed by atoms with E-state index in [0.29, 0.717) is 28.4 Å². The van der Waals surface area contributed by atoms with Crippen molar-refractivity contribution >= 4 is 22.7 Å². The molecule has 1 fully saturated rings. The smallest absolute Gasteiger partial charge is 0.339 e. The number of aromatic amines is 2. The van der Waals surface area contributed by atoms with Crippen LogP contribution in [0, 0.1) is 13.8 Å². The molecule has 0 radical (unpaired) electrons. The molecule has 3 aromatic rings. The number of nitrogens with zero attached hydrogens (tertiary/aromatic N) is 1. The fourth-order valence-electron chi connectivity index (χ4n) is 4.96. The van der Waals surface area contributed by atoms with Gasteiger partial charge in [-0.05, 0) is 81.9 Å². The van der Waals surface area contributed by atoms with E-state index in [1.807, 2.05) is 13.0 Å². The molecular weight excluding hydrogens is 406 g/mol. The van der Waals surface area contributed by atoms with E-state index < -0.39 is 5.97 Å². The summed E-state index contributed by atoms with van der Waals surface area (Å²) in [6.45, 7) is 7.23. The molecule has 7 nitrogen and oxygen atoms in total. The van der Waals surface area contributed by atoms with Crippen molar-refractivity contribution in [1.82, 2.24) is 14.9 Å². The van der Waals surface area contributed by atoms with Crippen LogP contribution in [-0.2, 0) is 4.74 Å². The second kappa shape index (κ2) is 8.82. The Balaban J connectivity index is 1.47. The molecule has 0 aliphatic carbocycles. The summed E-state index contributed by atoms with van der Waals surface area (Å²) in [7, 11) is 3.04. The maximum Gasteiger partial charge on any atom is 0.339 e. The lowest BCUT2D eigenvalue weighted by Crippen LogP contribution is -2.43. The number of Topliss-reactive ketones (excluding diaryl/α,β-unsaturated/α-hetero) is 1. The maximum atomic E-state index is 13.3. The number of H-pyrrole nitrogens is 2. The van der Waals surface area contributed by atoms with Gasteiger partial charge in [0.25, 0.3) is 0 Å². The number of carbonyl (C=O) groups is 2. The van der Waals surface area contributed by atoms with E-state index in [2.05, 4.69) is 33.2 Å². The first kappa shape index (κ1) is 22.1. The Kier molecular flexibility index (Phi) is 6.11. The molecule has 0 amide bonds. The van der Waals surface area contributed by atoms with E-state index in [-0.39, 0.29) is 11.8 Å². The number of nitrogens with one attached hydrogen (secondary N) is 2. The van der Waals surface area contributed by atoms with Crippen molar-refractivity contribution in [2.45, 2.75) is 45.6 Å². The normalized spacial score (nSPS) is 16.3. The maximum absolute atomic E-state index is 13.3. The van der Waals surface area contributed by atoms with Crippen LogP contribution in [0.5, 0.6) is 5.75 Å². The number of likely N-dealkylation sites (tertiary alicyclic amines) is 1. The van der Waals surface area contributed by atoms with Crippen LogP contribution < -0.4 is 4.74 Å². The van der Waals surface area contributed by atoms with E-state index in [1.165, 1.54) is 18.1 Å². The van der Waals surface area contributed by atoms with Crippen LogP contribution in [0.1, 0.15) is 63.4 Å². The molecule has 2 N–H and O–H groups in total. The Morgan fingerprint density at radius 3 is 2.53 bits per heavy atom. The molecule has 3 heterocycles. The molecule has 1 aliphatic rings. The van der Waals surface area contributed by atoms with E-state index in [0.717, 1.165) is 37.2 Å². The molecule has 4 rings (SSSR count). The van der Waals surface area contributed by atoms with Crippen molar-refractivity contribution in [2.24, 2.45) is 0 Å². The molecule has 1 atom stereocenters. The molecule has 7 heteroatoms. The van der Waals surface area contributed by atoms with Crippen molar-refractivity contribution in [1.29, 1.82) is 0 Å². The minimum absolute atomic E-state index is 0.0102. The van der Waals surface area contributed by atoms with Crippen LogP contribution in [0.4, 0.5) is 0 Å². The number of ether oxygens (including phenoxy) is 2. The SMILES string of the molecule is COC(=O)c1c(C)[nH]c(C(=O)C(C)N2CCC(c3c[nH]c4ccc(OC)cc34)CC2)c1C. The Bertz CT molecular complexity index is 1150. The lowest BCUT2D eigenvalue weighted by molar-refractivity contribution is 0.0599. The third kappa shape index (κ3) is 3.81. The van der Waals surface area contributed by atoms with Crippen LogP contribution in [-0.4, -0.2) is 60.0 Å². The first-order chi connectivity index (χ1) is 15.3. The highest BCUT2D eigenvalue weighted by Crippen LogP contribution is 2.35. The van der Waals surface area contributed by atoms with Gasteiger partial charge in [-0.1, -0.05) is 0 Å². The molecular formula is C25H31N3O4. The summed E-state index contributed by atoms with van der Waals surface area (Å²) in [4.78, 5) is 34.1. The second-order valence-electron chi connectivity index (χ2n) is 8.62. The highest BCUT2D eigenvalue weighted by Gasteiger charge is 2.31. The number of benzene rings is 1. The minimum Gasteiger partial charge on any atom is -0.497 e. The quantitative estimate of drug-likeness (QED) is 0.442. The van der Waals surface area contributed by atoms with Gasteiger partial charge in [0.05, 0.1) is 31.5 Å². The number of hydrogen-bond donors (Lipinski definition) is 2. The summed E-state index contributed by atoms with van der Waals surface area (Å²) in [5.41, 5.74) is 4.71. The Morgan fingerprint density at radius 1 is 1.16 bits per heavy atom. The first-order valence-electron chi connectivity index (χ1n) is 11.1. The molecule has 32 heavy (non-hydrogen) atoms. The van der Waals surface area contributed by atoms with Gasteiger partial charge < -0.3 is 19.4 Å². The Labute approximate surface area is 188 Å². The average Bonchev–Trinajstić information content (AvgIpc) is 3.37. The zero-order valence-electron chi connectivity index (χ0n) is 19.4. The van der Waals surface area contributed by atoms with Gasteiger partial charge in [0, 0.05) is 22.8 Å². The number of esters is 1. The van der Waals surface area contributed by atoms with E-state index >= 15 is 0 Å². The third-order valence-corrected chi connectivity index (χ3v) is 6.89. The summed E-state index contributed by atoms with van der Waals surface area (Å²) >= 11 is 0. The van der Waals surface area contributed by atoms with Gasteiger partial charge >= 0.3 is 5.97 Å². The van der Waals surface area contributed by atoms with Crippen molar-refractivity contribution in [2.75, 3.05) is 27.3 Å². The van der Waals surface area contributed by atoms with Gasteiger partial charge in [-0.2, -0.15) is 0 Å². The summed E-state index contributed by atoms with van der Waals surface area (Å²) in [6.07, 6.45) is 4.08. The summed E-state index contributed by atoms with van der Waals surface area (Å²) in [6, 6.07) is 5.85. The standard InChI is InChI=1S/C25H31N3O4/c1-14-22(25(30)32-5)15(2)27-23(14)24(29)16(3)28-10-8-17(9-11-28)20-13-26-21-7-6-18(31-4)12-19(20)21/h6-7,12-13,16-17,26-27H,8-11H2,1-5H3. The largest absolute Gasteiger partial charge is 0.497 e. The Hall–Kier alpha value is -3.06. The molecule has 1 aliphatic heterocycles. The number of piperidine rings is 1. The second-order valence-corrected chi connectivity index (χ2v) is 8.62. The van der Waals surface area contributed by atoms with Gasteiger partial charge in [-0.25, -0.2) is 4.79 Å². The van der Waals surface area contributed by atoms with Crippen LogP contribution in [0.2, 0.25) is 0 Å². The van der Waals surface area contributed by atoms with E-state index in [1.54, 1.807) is 21.0 Å². The summed E-state index contributed by atoms with van der Waals surface area (Å²) in [5.74, 6) is 0.892. The number of rotatable bonds is 6. The molecule has 0 spiro atoms. The number of aromatic nitrogens is 2. The van der Waals surface area contributed by atoms with Gasteiger partial charge in [0.15, 0.2) is 5.78 Å². The topological polar surface area (TPSA) is 87.4 Å². The number of methoxy groups -OCH3 is 2. The highest BCUT2D eigenvalue weighted by molar-refractivity contribution is 6.03. The van der Waals surface area contributed by atoms with E-state index in [9.17, 15) is 9.59 Å². The summed E-state index contributed by atoms with van der Waals surface area (Å²) in [5, 5.41) is 1.21. The van der Waals surface area contributed by atoms with Gasteiger partial charge in [-0.3, -0.25) is 9.69 Å². The van der Waals surface area contributed by atoms with Crippen LogP contribution in [0.15, 0.2) is 24.4 Å². The molecule has 0 saturated carbocycles. The highest BCUT2D eigenvalue weighted by atomic mass is 16.5. The summed E-state index contributed by atoms with van der Waals surface area (Å²) < 4.78 is 10.3. The third-order valence-electron chi connectivity index (χ3n) is 6.89. The molecule has 1 saturated heterocycles. The van der Waals surface area contributed by atoms with Crippen LogP contribution in [0.25, 0.3) is 10.9 Å². The number of fused-ring (bicyclic) bond motifs is 1. The van der Waals surface area contributed by atoms with E-state index in [4.69, 9.17) is 9.47 Å². The molecule has 0 bridgehead atoms. The average molecular weight is 438 g/mol. The number of hydrogen-bond acceptors (Lipinski definition) is 5. The molecule has 170 valence electrons. The van der Waals surface area contributed by atoms with Crippen molar-refractivity contribution in [3.8, 4) is 5.75 Å². The first-order valence-corrected chi connectivity index (χ1v) is 11.1. The Morgan fingerprint density at radius 2 is 1.88 bits per heavy atom. The molecule has 1 aromatic carbocycles. The lowest BCUT2D eigenvalue weighted by Gasteiger charge is -2.35. The number of ketones is 1. The predicted molar refractivity (Wildman–Crippen MR) is 124 cm³/mol. The predicted octanol–water partition coefficient (Wildman–Crippen LogP) is 4.36. The van der Waals surface area contributed by atoms with Crippen molar-refractivity contribution in [3.63, 3.8) is 0 Å². The van der Waals surface area contributed by atoms with Crippen molar-refractivity contribution < 1.29 is 19.1 Å². The van der Waals surface area contributed by atoms with Crippen molar-refractivity contribution in [3.05, 3.63) is 52.5 Å². The molecule has 2 aromatic heterocycles. The zero-order valence-corrected chi connectivity index (χ0v) is 19.4. The fourth-order valence-corrected chi connectivity index (χ4v) is 4.96. The molecule has 1 unspecified atom stereocenters. The monoisotopic (exact) mass is 437 g/mol. The van der Waals surface area contributed by atoms with Crippen LogP contribution >= 0.6 is 0 Å². The fraction of sp³-hybridized carbons (Fsp3) is 0.440. The lowest BCUT2D eigenvalue weighted by atomic mass is 9.88. The minimum atomic E-state index is -0.417. The van der Waals surface area contributed by atoms with Gasteiger partial charge in [0.2, 0.25) is 0 Å². The van der Waals surface area contributed by atoms with Gasteiger partial charge in [0.1, 0.15) is 5.75 Å².